The molecule has 1 heterocycles. The molecule has 1 atom stereocenters. The van der Waals surface area contributed by atoms with Crippen LogP contribution in [-0.4, -0.2) is 24.4 Å². The highest BCUT2D eigenvalue weighted by molar-refractivity contribution is 5.43. The van der Waals surface area contributed by atoms with Crippen molar-refractivity contribution in [2.45, 2.75) is 31.8 Å². The van der Waals surface area contributed by atoms with Gasteiger partial charge in [-0.2, -0.15) is 0 Å². The van der Waals surface area contributed by atoms with Gasteiger partial charge in [0.15, 0.2) is 0 Å². The van der Waals surface area contributed by atoms with Crippen molar-refractivity contribution < 1.29 is 9.84 Å². The molecule has 1 unspecified atom stereocenters. The van der Waals surface area contributed by atoms with Crippen LogP contribution in [-0.2, 0) is 12.8 Å². The van der Waals surface area contributed by atoms with Crippen molar-refractivity contribution in [1.29, 1.82) is 0 Å². The molecule has 1 aliphatic heterocycles. The Balaban J connectivity index is 2.20. The van der Waals surface area contributed by atoms with E-state index < -0.39 is 0 Å². The van der Waals surface area contributed by atoms with Gasteiger partial charge in [0.2, 0.25) is 0 Å². The minimum absolute atomic E-state index is 0.0356. The maximum atomic E-state index is 9.14. The van der Waals surface area contributed by atoms with Crippen LogP contribution < -0.4 is 10.5 Å². The number of aliphatic hydroxyl groups is 1. The fraction of sp³-hybridized carbons (Fsp3) is 0.538. The number of aliphatic hydroxyl groups excluding tert-OH is 1. The molecular formula is C13H19NO2. The van der Waals surface area contributed by atoms with Crippen LogP contribution in [0.25, 0.3) is 0 Å². The van der Waals surface area contributed by atoms with Gasteiger partial charge in [0, 0.05) is 0 Å². The Labute approximate surface area is 96.2 Å². The lowest BCUT2D eigenvalue weighted by molar-refractivity contribution is 0.0967. The van der Waals surface area contributed by atoms with E-state index in [1.165, 1.54) is 11.1 Å². The van der Waals surface area contributed by atoms with Crippen molar-refractivity contribution in [2.75, 3.05) is 13.2 Å². The Morgan fingerprint density at radius 2 is 2.31 bits per heavy atom. The molecule has 16 heavy (non-hydrogen) atoms. The summed E-state index contributed by atoms with van der Waals surface area (Å²) in [4.78, 5) is 0. The molecular weight excluding hydrogens is 202 g/mol. The van der Waals surface area contributed by atoms with E-state index in [1.807, 2.05) is 0 Å². The molecule has 0 radical (unpaired) electrons. The second-order valence-electron chi connectivity index (χ2n) is 4.26. The molecule has 3 nitrogen and oxygen atoms in total. The third-order valence-corrected chi connectivity index (χ3v) is 3.05. The Bertz CT molecular complexity index is 352. The number of aryl methyl sites for hydroxylation is 2. The lowest BCUT2D eigenvalue weighted by Crippen LogP contribution is -2.26. The number of benzene rings is 1. The average molecular weight is 221 g/mol. The van der Waals surface area contributed by atoms with Gasteiger partial charge in [-0.25, -0.2) is 0 Å². The molecule has 0 saturated carbocycles. The molecule has 88 valence electrons. The summed E-state index contributed by atoms with van der Waals surface area (Å²) in [6.07, 6.45) is 3.80. The van der Waals surface area contributed by atoms with Gasteiger partial charge in [0.25, 0.3) is 0 Å². The number of nitrogens with two attached hydrogens (primary N) is 1. The fourth-order valence-electron chi connectivity index (χ4n) is 2.15. The first-order valence-corrected chi connectivity index (χ1v) is 5.93. The minimum atomic E-state index is -0.0356. The maximum Gasteiger partial charge on any atom is 0.126 e. The van der Waals surface area contributed by atoms with E-state index in [2.05, 4.69) is 18.2 Å². The summed E-state index contributed by atoms with van der Waals surface area (Å²) in [7, 11) is 0. The molecule has 3 N–H and O–H groups in total. The summed E-state index contributed by atoms with van der Waals surface area (Å²) in [5.74, 6) is 0.987. The number of para-hydroxylation sites is 1. The van der Waals surface area contributed by atoms with Gasteiger partial charge < -0.3 is 15.6 Å². The van der Waals surface area contributed by atoms with Crippen LogP contribution in [0.2, 0.25) is 0 Å². The number of fused-ring (bicyclic) bond motifs is 1. The first kappa shape index (κ1) is 11.4. The highest BCUT2D eigenvalue weighted by Gasteiger charge is 2.20. The highest BCUT2D eigenvalue weighted by atomic mass is 16.5. The Morgan fingerprint density at radius 3 is 3.06 bits per heavy atom. The molecule has 1 aliphatic rings. The zero-order chi connectivity index (χ0) is 11.4. The Hall–Kier alpha value is -1.06. The average Bonchev–Trinajstić information content (AvgIpc) is 2.35. The van der Waals surface area contributed by atoms with Crippen molar-refractivity contribution in [1.82, 2.24) is 0 Å². The lowest BCUT2D eigenvalue weighted by Gasteiger charge is -2.26. The molecule has 1 aromatic carbocycles. The van der Waals surface area contributed by atoms with Crippen LogP contribution >= 0.6 is 0 Å². The lowest BCUT2D eigenvalue weighted by atomic mass is 9.97. The van der Waals surface area contributed by atoms with Gasteiger partial charge in [0.1, 0.15) is 11.9 Å². The molecule has 0 aliphatic carbocycles. The largest absolute Gasteiger partial charge is 0.487 e. The van der Waals surface area contributed by atoms with Gasteiger partial charge >= 0.3 is 0 Å². The topological polar surface area (TPSA) is 55.5 Å². The van der Waals surface area contributed by atoms with Crippen LogP contribution in [0.4, 0.5) is 0 Å². The van der Waals surface area contributed by atoms with E-state index >= 15 is 0 Å². The zero-order valence-electron chi connectivity index (χ0n) is 9.48. The van der Waals surface area contributed by atoms with E-state index in [9.17, 15) is 0 Å². The Morgan fingerprint density at radius 1 is 1.44 bits per heavy atom. The van der Waals surface area contributed by atoms with Crippen molar-refractivity contribution in [3.63, 3.8) is 0 Å². The van der Waals surface area contributed by atoms with Crippen LogP contribution in [0.15, 0.2) is 18.2 Å². The minimum Gasteiger partial charge on any atom is -0.487 e. The molecule has 3 heteroatoms. The fourth-order valence-corrected chi connectivity index (χ4v) is 2.15. The molecule has 0 bridgehead atoms. The number of rotatable bonds is 4. The van der Waals surface area contributed by atoms with Crippen LogP contribution in [0.1, 0.15) is 24.0 Å². The van der Waals surface area contributed by atoms with E-state index in [0.717, 1.165) is 31.4 Å². The van der Waals surface area contributed by atoms with Crippen LogP contribution in [0, 0.1) is 0 Å². The summed E-state index contributed by atoms with van der Waals surface area (Å²) in [5, 5.41) is 9.14. The number of ether oxygens (including phenoxy) is 1. The van der Waals surface area contributed by atoms with E-state index in [1.54, 1.807) is 0 Å². The van der Waals surface area contributed by atoms with Crippen LogP contribution in [0.5, 0.6) is 5.75 Å². The van der Waals surface area contributed by atoms with Gasteiger partial charge in [-0.05, 0) is 43.4 Å². The molecule has 0 spiro atoms. The summed E-state index contributed by atoms with van der Waals surface area (Å²) in [5.41, 5.74) is 8.01. The van der Waals surface area contributed by atoms with Crippen LogP contribution in [0.3, 0.4) is 0 Å². The smallest absolute Gasteiger partial charge is 0.126 e. The van der Waals surface area contributed by atoms with Gasteiger partial charge in [-0.3, -0.25) is 0 Å². The monoisotopic (exact) mass is 221 g/mol. The van der Waals surface area contributed by atoms with Gasteiger partial charge in [0.05, 0.1) is 6.61 Å². The summed E-state index contributed by atoms with van der Waals surface area (Å²) < 4.78 is 5.82. The van der Waals surface area contributed by atoms with Crippen molar-refractivity contribution in [3.05, 3.63) is 29.3 Å². The van der Waals surface area contributed by atoms with Gasteiger partial charge in [-0.15, -0.1) is 0 Å². The van der Waals surface area contributed by atoms with Gasteiger partial charge in [-0.1, -0.05) is 18.2 Å². The predicted octanol–water partition coefficient (Wildman–Crippen LogP) is 1.26. The molecule has 0 aromatic heterocycles. The molecule has 1 aromatic rings. The first-order valence-electron chi connectivity index (χ1n) is 5.93. The molecule has 0 fully saturated rings. The maximum absolute atomic E-state index is 9.14. The first-order chi connectivity index (χ1) is 7.85. The number of hydrogen-bond donors (Lipinski definition) is 2. The summed E-state index contributed by atoms with van der Waals surface area (Å²) >= 11 is 0. The number of hydrogen-bond acceptors (Lipinski definition) is 3. The predicted molar refractivity (Wildman–Crippen MR) is 63.6 cm³/mol. The van der Waals surface area contributed by atoms with E-state index in [-0.39, 0.29) is 12.7 Å². The van der Waals surface area contributed by atoms with E-state index in [0.29, 0.717) is 6.54 Å². The second-order valence-corrected chi connectivity index (χ2v) is 4.26. The standard InChI is InChI=1S/C13H19NO2/c14-8-2-5-10-3-1-4-11-6-7-12(9-15)16-13(10)11/h1,3-4,12,15H,2,5-9,14H2. The van der Waals surface area contributed by atoms with Crippen molar-refractivity contribution in [3.8, 4) is 5.75 Å². The van der Waals surface area contributed by atoms with E-state index in [4.69, 9.17) is 15.6 Å². The third-order valence-electron chi connectivity index (χ3n) is 3.05. The summed E-state index contributed by atoms with van der Waals surface area (Å²) in [6, 6.07) is 6.27. The Kier molecular flexibility index (Phi) is 3.80. The van der Waals surface area contributed by atoms with Crippen molar-refractivity contribution >= 4 is 0 Å². The molecule has 0 amide bonds. The third kappa shape index (κ3) is 2.36. The second kappa shape index (κ2) is 5.32. The highest BCUT2D eigenvalue weighted by Crippen LogP contribution is 2.31. The summed E-state index contributed by atoms with van der Waals surface area (Å²) in [6.45, 7) is 0.803. The SMILES string of the molecule is NCCCc1cccc2c1OC(CO)CC2. The van der Waals surface area contributed by atoms with Crippen molar-refractivity contribution in [2.24, 2.45) is 5.73 Å². The zero-order valence-corrected chi connectivity index (χ0v) is 9.48. The molecule has 2 rings (SSSR count). The molecule has 0 saturated heterocycles. The normalized spacial score (nSPS) is 19.0. The quantitative estimate of drug-likeness (QED) is 0.805.